The third-order valence-electron chi connectivity index (χ3n) is 2.15. The average Bonchev–Trinajstić information content (AvgIpc) is 2.52. The molecular weight excluding hydrogens is 261 g/mol. The van der Waals surface area contributed by atoms with Crippen molar-refractivity contribution in [3.63, 3.8) is 0 Å². The Bertz CT molecular complexity index is 462. The van der Waals surface area contributed by atoms with Crippen LogP contribution in [0, 0.1) is 0 Å². The maximum Gasteiger partial charge on any atom is 0.0489 e. The molecule has 0 aliphatic rings. The zero-order valence-electron chi connectivity index (χ0n) is 7.67. The summed E-state index contributed by atoms with van der Waals surface area (Å²) in [6.07, 6.45) is 2.02. The summed E-state index contributed by atoms with van der Waals surface area (Å²) >= 11 is 9.39. The van der Waals surface area contributed by atoms with Crippen LogP contribution in [0.4, 0.5) is 0 Å². The molecule has 0 aliphatic carbocycles. The number of nitrogens with zero attached hydrogens (tertiary/aromatic N) is 1. The van der Waals surface area contributed by atoms with Crippen molar-refractivity contribution >= 4 is 27.5 Å². The molecule has 0 saturated carbocycles. The number of hydrogen-bond acceptors (Lipinski definition) is 0. The summed E-state index contributed by atoms with van der Waals surface area (Å²) in [5, 5.41) is 0.745. The van der Waals surface area contributed by atoms with Crippen LogP contribution in [0.5, 0.6) is 0 Å². The molecule has 1 aromatic carbocycles. The van der Waals surface area contributed by atoms with Crippen molar-refractivity contribution in [3.8, 4) is 11.3 Å². The SMILES string of the molecule is Cn1cccc1-c1ccc(Cl)cc1Br. The lowest BCUT2D eigenvalue weighted by Crippen LogP contribution is -1.89. The number of halogens is 2. The fraction of sp³-hybridized carbons (Fsp3) is 0.0909. The zero-order chi connectivity index (χ0) is 10.1. The molecule has 0 spiro atoms. The lowest BCUT2D eigenvalue weighted by molar-refractivity contribution is 0.936. The maximum atomic E-state index is 5.88. The van der Waals surface area contributed by atoms with Gasteiger partial charge in [0.2, 0.25) is 0 Å². The quantitative estimate of drug-likeness (QED) is 0.735. The van der Waals surface area contributed by atoms with Gasteiger partial charge in [0.25, 0.3) is 0 Å². The lowest BCUT2D eigenvalue weighted by atomic mass is 10.1. The topological polar surface area (TPSA) is 4.93 Å². The molecule has 0 radical (unpaired) electrons. The molecule has 72 valence electrons. The van der Waals surface area contributed by atoms with Crippen LogP contribution in [-0.4, -0.2) is 4.57 Å². The molecule has 2 aromatic rings. The zero-order valence-corrected chi connectivity index (χ0v) is 10.0. The van der Waals surface area contributed by atoms with Gasteiger partial charge in [-0.15, -0.1) is 0 Å². The molecule has 1 nitrogen and oxygen atoms in total. The minimum Gasteiger partial charge on any atom is -0.351 e. The molecule has 0 N–H and O–H groups in total. The van der Waals surface area contributed by atoms with Crippen LogP contribution in [0.15, 0.2) is 41.0 Å². The van der Waals surface area contributed by atoms with Crippen molar-refractivity contribution in [1.82, 2.24) is 4.57 Å². The summed E-state index contributed by atoms with van der Waals surface area (Å²) in [4.78, 5) is 0. The number of rotatable bonds is 1. The molecule has 1 aromatic heterocycles. The first kappa shape index (κ1) is 9.81. The molecule has 0 amide bonds. The fourth-order valence-corrected chi connectivity index (χ4v) is 2.32. The van der Waals surface area contributed by atoms with E-state index in [9.17, 15) is 0 Å². The first-order valence-electron chi connectivity index (χ1n) is 4.25. The molecule has 0 fully saturated rings. The van der Waals surface area contributed by atoms with Crippen LogP contribution in [0.3, 0.4) is 0 Å². The van der Waals surface area contributed by atoms with Gasteiger partial charge in [0.05, 0.1) is 0 Å². The first-order valence-corrected chi connectivity index (χ1v) is 5.42. The smallest absolute Gasteiger partial charge is 0.0489 e. The van der Waals surface area contributed by atoms with E-state index in [0.717, 1.165) is 15.1 Å². The Kier molecular flexibility index (Phi) is 2.66. The molecule has 0 atom stereocenters. The van der Waals surface area contributed by atoms with Gasteiger partial charge in [-0.2, -0.15) is 0 Å². The molecule has 0 unspecified atom stereocenters. The van der Waals surface area contributed by atoms with E-state index in [2.05, 4.69) is 26.6 Å². The second kappa shape index (κ2) is 3.79. The largest absolute Gasteiger partial charge is 0.351 e. The van der Waals surface area contributed by atoms with E-state index in [0.29, 0.717) is 0 Å². The van der Waals surface area contributed by atoms with Gasteiger partial charge < -0.3 is 4.57 Å². The summed E-state index contributed by atoms with van der Waals surface area (Å²) in [5.74, 6) is 0. The van der Waals surface area contributed by atoms with E-state index < -0.39 is 0 Å². The number of hydrogen-bond donors (Lipinski definition) is 0. The highest BCUT2D eigenvalue weighted by molar-refractivity contribution is 9.10. The Morgan fingerprint density at radius 3 is 2.64 bits per heavy atom. The molecule has 0 aliphatic heterocycles. The van der Waals surface area contributed by atoms with Gasteiger partial charge in [0.1, 0.15) is 0 Å². The van der Waals surface area contributed by atoms with Gasteiger partial charge in [-0.05, 0) is 24.3 Å². The molecule has 1 heterocycles. The number of benzene rings is 1. The van der Waals surface area contributed by atoms with Crippen molar-refractivity contribution in [3.05, 3.63) is 46.0 Å². The van der Waals surface area contributed by atoms with Gasteiger partial charge in [-0.1, -0.05) is 33.6 Å². The average molecular weight is 271 g/mol. The van der Waals surface area contributed by atoms with E-state index in [-0.39, 0.29) is 0 Å². The lowest BCUT2D eigenvalue weighted by Gasteiger charge is -2.06. The monoisotopic (exact) mass is 269 g/mol. The maximum absolute atomic E-state index is 5.88. The van der Waals surface area contributed by atoms with Crippen LogP contribution in [0.25, 0.3) is 11.3 Å². The fourth-order valence-electron chi connectivity index (χ4n) is 1.44. The van der Waals surface area contributed by atoms with Gasteiger partial charge in [0, 0.05) is 34.0 Å². The second-order valence-corrected chi connectivity index (χ2v) is 4.42. The Morgan fingerprint density at radius 1 is 1.29 bits per heavy atom. The first-order chi connectivity index (χ1) is 6.68. The minimum atomic E-state index is 0.745. The Labute approximate surface area is 96.4 Å². The molecule has 0 bridgehead atoms. The van der Waals surface area contributed by atoms with Crippen molar-refractivity contribution < 1.29 is 0 Å². The third kappa shape index (κ3) is 1.72. The highest BCUT2D eigenvalue weighted by atomic mass is 79.9. The highest BCUT2D eigenvalue weighted by Crippen LogP contribution is 2.30. The van der Waals surface area contributed by atoms with Crippen LogP contribution in [-0.2, 0) is 7.05 Å². The number of aryl methyl sites for hydroxylation is 1. The summed E-state index contributed by atoms with van der Waals surface area (Å²) in [6.45, 7) is 0. The molecular formula is C11H9BrClN. The van der Waals surface area contributed by atoms with E-state index in [1.54, 1.807) is 0 Å². The standard InChI is InChI=1S/C11H9BrClN/c1-14-6-2-3-11(14)9-5-4-8(13)7-10(9)12/h2-7H,1H3. The Morgan fingerprint density at radius 2 is 2.07 bits per heavy atom. The van der Waals surface area contributed by atoms with Crippen molar-refractivity contribution in [1.29, 1.82) is 0 Å². The van der Waals surface area contributed by atoms with Crippen LogP contribution in [0.2, 0.25) is 5.02 Å². The van der Waals surface area contributed by atoms with Crippen LogP contribution >= 0.6 is 27.5 Å². The predicted octanol–water partition coefficient (Wildman–Crippen LogP) is 4.11. The normalized spacial score (nSPS) is 10.5. The van der Waals surface area contributed by atoms with Crippen molar-refractivity contribution in [2.24, 2.45) is 7.05 Å². The van der Waals surface area contributed by atoms with Crippen molar-refractivity contribution in [2.45, 2.75) is 0 Å². The van der Waals surface area contributed by atoms with Crippen molar-refractivity contribution in [2.75, 3.05) is 0 Å². The molecule has 2 rings (SSSR count). The van der Waals surface area contributed by atoms with E-state index in [1.165, 1.54) is 5.69 Å². The van der Waals surface area contributed by atoms with E-state index in [1.807, 2.05) is 37.5 Å². The third-order valence-corrected chi connectivity index (χ3v) is 3.04. The van der Waals surface area contributed by atoms with E-state index in [4.69, 9.17) is 11.6 Å². The minimum absolute atomic E-state index is 0.745. The van der Waals surface area contributed by atoms with Gasteiger partial charge >= 0.3 is 0 Å². The van der Waals surface area contributed by atoms with E-state index >= 15 is 0 Å². The van der Waals surface area contributed by atoms with Gasteiger partial charge in [0.15, 0.2) is 0 Å². The summed E-state index contributed by atoms with van der Waals surface area (Å²) in [7, 11) is 2.02. The second-order valence-electron chi connectivity index (χ2n) is 3.13. The summed E-state index contributed by atoms with van der Waals surface area (Å²) < 4.78 is 3.10. The number of aromatic nitrogens is 1. The predicted molar refractivity (Wildman–Crippen MR) is 63.6 cm³/mol. The highest BCUT2D eigenvalue weighted by Gasteiger charge is 2.05. The molecule has 14 heavy (non-hydrogen) atoms. The molecule has 3 heteroatoms. The van der Waals surface area contributed by atoms with Gasteiger partial charge in [-0.25, -0.2) is 0 Å². The Balaban J connectivity index is 2.58. The van der Waals surface area contributed by atoms with Gasteiger partial charge in [-0.3, -0.25) is 0 Å². The Hall–Kier alpha value is -0.730. The molecule has 0 saturated heterocycles. The summed E-state index contributed by atoms with van der Waals surface area (Å²) in [6, 6.07) is 9.92. The van der Waals surface area contributed by atoms with Crippen LogP contribution < -0.4 is 0 Å². The van der Waals surface area contributed by atoms with Crippen LogP contribution in [0.1, 0.15) is 0 Å². The summed E-state index contributed by atoms with van der Waals surface area (Å²) in [5.41, 5.74) is 2.33.